The second-order valence-electron chi connectivity index (χ2n) is 7.64. The van der Waals surface area contributed by atoms with Crippen LogP contribution in [0.4, 0.5) is 5.82 Å². The van der Waals surface area contributed by atoms with Gasteiger partial charge in [-0.25, -0.2) is 9.97 Å². The maximum absolute atomic E-state index is 11.7. The lowest BCUT2D eigenvalue weighted by molar-refractivity contribution is -0.670. The van der Waals surface area contributed by atoms with Crippen LogP contribution in [0.3, 0.4) is 0 Å². The van der Waals surface area contributed by atoms with Gasteiger partial charge >= 0.3 is 0 Å². The van der Waals surface area contributed by atoms with E-state index in [2.05, 4.69) is 26.3 Å². The molecule has 1 aliphatic rings. The van der Waals surface area contributed by atoms with E-state index in [0.717, 1.165) is 36.7 Å². The van der Waals surface area contributed by atoms with Gasteiger partial charge in [0.25, 0.3) is 0 Å². The van der Waals surface area contributed by atoms with Crippen LogP contribution in [0.5, 0.6) is 11.5 Å². The van der Waals surface area contributed by atoms with E-state index in [1.807, 2.05) is 30.0 Å². The molecular weight excluding hydrogens is 410 g/mol. The summed E-state index contributed by atoms with van der Waals surface area (Å²) in [6.07, 6.45) is 5.96. The maximum Gasteiger partial charge on any atom is 0.237 e. The Morgan fingerprint density at radius 2 is 2.06 bits per heavy atom. The number of amides is 1. The van der Waals surface area contributed by atoms with Crippen molar-refractivity contribution in [2.45, 2.75) is 19.9 Å². The van der Waals surface area contributed by atoms with Crippen molar-refractivity contribution in [2.24, 2.45) is 5.73 Å². The van der Waals surface area contributed by atoms with Crippen molar-refractivity contribution in [3.63, 3.8) is 0 Å². The van der Waals surface area contributed by atoms with Crippen LogP contribution in [0.25, 0.3) is 5.95 Å². The lowest BCUT2D eigenvalue weighted by atomic mass is 10.2. The highest BCUT2D eigenvalue weighted by Gasteiger charge is 2.15. The lowest BCUT2D eigenvalue weighted by Crippen LogP contribution is -2.82. The Hall–Kier alpha value is -3.66. The summed E-state index contributed by atoms with van der Waals surface area (Å²) < 4.78 is 13.0. The van der Waals surface area contributed by atoms with Crippen LogP contribution >= 0.6 is 0 Å². The molecule has 4 rings (SSSR count). The van der Waals surface area contributed by atoms with E-state index in [4.69, 9.17) is 15.2 Å². The van der Waals surface area contributed by atoms with E-state index >= 15 is 0 Å². The Balaban J connectivity index is 1.34. The van der Waals surface area contributed by atoms with Crippen molar-refractivity contribution in [1.29, 1.82) is 0 Å². The fraction of sp³-hybridized carbons (Fsp3) is 0.364. The number of ether oxygens (including phenoxy) is 2. The largest absolute Gasteiger partial charge is 0.486 e. The maximum atomic E-state index is 11.7. The van der Waals surface area contributed by atoms with Crippen molar-refractivity contribution < 1.29 is 19.6 Å². The van der Waals surface area contributed by atoms with E-state index < -0.39 is 5.91 Å². The average Bonchev–Trinajstić information content (AvgIpc) is 3.32. The summed E-state index contributed by atoms with van der Waals surface area (Å²) in [5.41, 5.74) is 7.48. The Bertz CT molecular complexity index is 1060. The molecule has 1 aromatic carbocycles. The fourth-order valence-electron chi connectivity index (χ4n) is 3.56. The third-order valence-electron chi connectivity index (χ3n) is 5.06. The van der Waals surface area contributed by atoms with E-state index in [-0.39, 0.29) is 6.54 Å². The monoisotopic (exact) mass is 438 g/mol. The normalized spacial score (nSPS) is 12.5. The standard InChI is InChI=1S/C22H27N7O3/c1-16-11-21(27-22(26-16)29-8-6-25-15-29)28(14-20(23)30)7-2-5-24-13-17-3-4-18-19(12-17)32-10-9-31-18/h3-4,6,8,11-12,15,24H,2,5,7,9-10,13-14H2,1H3,(H2,23,30)/p+1. The topological polar surface area (TPSA) is 125 Å². The van der Waals surface area contributed by atoms with E-state index in [9.17, 15) is 4.79 Å². The average molecular weight is 439 g/mol. The summed E-state index contributed by atoms with van der Waals surface area (Å²) in [7, 11) is 0. The van der Waals surface area contributed by atoms with Crippen LogP contribution in [0, 0.1) is 6.92 Å². The van der Waals surface area contributed by atoms with Gasteiger partial charge in [0.05, 0.1) is 13.1 Å². The fourth-order valence-corrected chi connectivity index (χ4v) is 3.56. The number of hydrogen-bond acceptors (Lipinski definition) is 7. The number of aryl methyl sites for hydroxylation is 1. The van der Waals surface area contributed by atoms with Crippen molar-refractivity contribution in [3.05, 3.63) is 54.2 Å². The third-order valence-corrected chi connectivity index (χ3v) is 5.06. The second kappa shape index (κ2) is 10.1. The molecule has 3 heterocycles. The Morgan fingerprint density at radius 1 is 1.22 bits per heavy atom. The first-order valence-corrected chi connectivity index (χ1v) is 10.7. The molecule has 1 aliphatic heterocycles. The van der Waals surface area contributed by atoms with Gasteiger partial charge in [0, 0.05) is 42.7 Å². The smallest absolute Gasteiger partial charge is 0.237 e. The first kappa shape index (κ1) is 21.6. The van der Waals surface area contributed by atoms with Gasteiger partial charge in [-0.05, 0) is 25.1 Å². The number of fused-ring (bicyclic) bond motifs is 1. The molecule has 0 saturated heterocycles. The van der Waals surface area contributed by atoms with Crippen LogP contribution in [0.1, 0.15) is 17.7 Å². The summed E-state index contributed by atoms with van der Waals surface area (Å²) in [6, 6.07) is 7.92. The van der Waals surface area contributed by atoms with Crippen molar-refractivity contribution in [1.82, 2.24) is 19.5 Å². The van der Waals surface area contributed by atoms with Gasteiger partial charge in [-0.15, -0.1) is 0 Å². The molecule has 4 N–H and O–H groups in total. The molecule has 0 aliphatic carbocycles. The van der Waals surface area contributed by atoms with Crippen LogP contribution in [0.15, 0.2) is 43.0 Å². The number of primary amides is 1. The highest BCUT2D eigenvalue weighted by atomic mass is 16.6. The summed E-state index contributed by atoms with van der Waals surface area (Å²) in [5, 5.41) is 2.23. The number of benzene rings is 1. The van der Waals surface area contributed by atoms with Gasteiger partial charge < -0.3 is 25.4 Å². The van der Waals surface area contributed by atoms with Crippen molar-refractivity contribution in [3.8, 4) is 17.4 Å². The van der Waals surface area contributed by atoms with Crippen LogP contribution in [-0.4, -0.2) is 58.3 Å². The van der Waals surface area contributed by atoms with Gasteiger partial charge in [-0.2, -0.15) is 4.98 Å². The molecule has 10 nitrogen and oxygen atoms in total. The molecule has 0 atom stereocenters. The first-order chi connectivity index (χ1) is 15.6. The van der Waals surface area contributed by atoms with Crippen molar-refractivity contribution >= 4 is 11.7 Å². The zero-order valence-electron chi connectivity index (χ0n) is 18.1. The summed E-state index contributed by atoms with van der Waals surface area (Å²) in [5.74, 6) is 2.40. The number of nitrogens with two attached hydrogens (primary N) is 2. The van der Waals surface area contributed by atoms with E-state index in [1.165, 1.54) is 5.56 Å². The molecule has 2 aromatic heterocycles. The molecule has 10 heteroatoms. The molecule has 32 heavy (non-hydrogen) atoms. The molecule has 0 fully saturated rings. The van der Waals surface area contributed by atoms with Gasteiger partial charge in [0.1, 0.15) is 31.9 Å². The van der Waals surface area contributed by atoms with E-state index in [1.54, 1.807) is 23.3 Å². The Labute approximate surface area is 186 Å². The Kier molecular flexibility index (Phi) is 6.81. The quantitative estimate of drug-likeness (QED) is 0.433. The summed E-state index contributed by atoms with van der Waals surface area (Å²) in [4.78, 5) is 26.7. The molecule has 0 bridgehead atoms. The molecule has 0 spiro atoms. The second-order valence-corrected chi connectivity index (χ2v) is 7.64. The number of imidazole rings is 1. The number of aromatic nitrogens is 4. The number of carbonyl (C=O) groups is 1. The lowest BCUT2D eigenvalue weighted by Gasteiger charge is -2.22. The minimum absolute atomic E-state index is 0.0992. The first-order valence-electron chi connectivity index (χ1n) is 10.7. The van der Waals surface area contributed by atoms with Crippen LogP contribution < -0.4 is 25.4 Å². The summed E-state index contributed by atoms with van der Waals surface area (Å²) in [6.45, 7) is 5.56. The number of nitrogens with zero attached hydrogens (tertiary/aromatic N) is 5. The van der Waals surface area contributed by atoms with Gasteiger partial charge in [0.15, 0.2) is 11.5 Å². The molecule has 0 unspecified atom stereocenters. The van der Waals surface area contributed by atoms with Crippen LogP contribution in [0.2, 0.25) is 0 Å². The highest BCUT2D eigenvalue weighted by molar-refractivity contribution is 5.79. The minimum atomic E-state index is -0.397. The molecule has 168 valence electrons. The predicted octanol–water partition coefficient (Wildman–Crippen LogP) is 0.187. The van der Waals surface area contributed by atoms with Gasteiger partial charge in [-0.1, -0.05) is 0 Å². The van der Waals surface area contributed by atoms with Gasteiger partial charge in [0.2, 0.25) is 11.9 Å². The van der Waals surface area contributed by atoms with E-state index in [0.29, 0.717) is 31.5 Å². The van der Waals surface area contributed by atoms with Crippen LogP contribution in [-0.2, 0) is 11.3 Å². The summed E-state index contributed by atoms with van der Waals surface area (Å²) >= 11 is 0. The molecule has 0 radical (unpaired) electrons. The predicted molar refractivity (Wildman–Crippen MR) is 118 cm³/mol. The number of quaternary nitrogens is 1. The number of anilines is 1. The Morgan fingerprint density at radius 3 is 2.84 bits per heavy atom. The molecule has 3 aromatic rings. The van der Waals surface area contributed by atoms with Gasteiger partial charge in [-0.3, -0.25) is 9.36 Å². The molecule has 0 saturated carbocycles. The minimum Gasteiger partial charge on any atom is -0.486 e. The number of hydrogen-bond donors (Lipinski definition) is 2. The zero-order chi connectivity index (χ0) is 22.3. The van der Waals surface area contributed by atoms with Crippen molar-refractivity contribution in [2.75, 3.05) is 37.7 Å². The SMILES string of the molecule is Cc1cc(N(CCC[NH2+]Cc2ccc3c(c2)OCCO3)CC(N)=O)nc(-n2ccnc2)n1. The number of carbonyl (C=O) groups excluding carboxylic acids is 1. The molecule has 1 amide bonds. The zero-order valence-corrected chi connectivity index (χ0v) is 18.1. The third kappa shape index (κ3) is 5.52. The molecular formula is C22H28N7O3+. The number of rotatable bonds is 10. The highest BCUT2D eigenvalue weighted by Crippen LogP contribution is 2.30.